The van der Waals surface area contributed by atoms with Gasteiger partial charge in [-0.15, -0.1) is 0 Å². The Hall–Kier alpha value is -1.64. The van der Waals surface area contributed by atoms with Gasteiger partial charge in [-0.3, -0.25) is 14.9 Å². The normalized spacial score (nSPS) is 23.9. The molecule has 96 valence electrons. The van der Waals surface area contributed by atoms with Gasteiger partial charge in [0.15, 0.2) is 0 Å². The molecule has 2 atom stereocenters. The van der Waals surface area contributed by atoms with E-state index in [0.29, 0.717) is 6.42 Å². The van der Waals surface area contributed by atoms with E-state index < -0.39 is 0 Å². The summed E-state index contributed by atoms with van der Waals surface area (Å²) in [7, 11) is 0. The quantitative estimate of drug-likeness (QED) is 0.831. The van der Waals surface area contributed by atoms with Crippen LogP contribution in [0.1, 0.15) is 43.7 Å². The van der Waals surface area contributed by atoms with E-state index in [9.17, 15) is 9.59 Å². The first-order chi connectivity index (χ1) is 8.65. The van der Waals surface area contributed by atoms with Crippen LogP contribution in [0.25, 0.3) is 0 Å². The van der Waals surface area contributed by atoms with E-state index in [-0.39, 0.29) is 23.7 Å². The maximum absolute atomic E-state index is 11.8. The maximum atomic E-state index is 11.8. The second-order valence-corrected chi connectivity index (χ2v) is 4.83. The standard InChI is InChI=1S/C15H19NO2/c1-3-10-5-7-11(8-6-10)13-9-14(17)16-15(18)12(13)4-2/h5-8,12-13H,3-4,9H2,1-2H3,(H,16,17,18). The molecule has 0 radical (unpaired) electrons. The zero-order chi connectivity index (χ0) is 13.1. The van der Waals surface area contributed by atoms with Crippen molar-refractivity contribution in [3.63, 3.8) is 0 Å². The number of rotatable bonds is 3. The molecule has 0 aromatic heterocycles. The number of nitrogens with one attached hydrogen (secondary N) is 1. The molecule has 0 bridgehead atoms. The molecule has 1 aliphatic rings. The lowest BCUT2D eigenvalue weighted by molar-refractivity contribution is -0.137. The SMILES string of the molecule is CCc1ccc(C2CC(=O)NC(=O)C2CC)cc1. The van der Waals surface area contributed by atoms with Crippen molar-refractivity contribution in [2.24, 2.45) is 5.92 Å². The van der Waals surface area contributed by atoms with Gasteiger partial charge in [0.05, 0.1) is 0 Å². The van der Waals surface area contributed by atoms with Crippen LogP contribution in [-0.2, 0) is 16.0 Å². The van der Waals surface area contributed by atoms with Crippen LogP contribution in [-0.4, -0.2) is 11.8 Å². The van der Waals surface area contributed by atoms with Crippen LogP contribution < -0.4 is 5.32 Å². The van der Waals surface area contributed by atoms with Crippen molar-refractivity contribution in [1.82, 2.24) is 5.32 Å². The Morgan fingerprint density at radius 3 is 2.39 bits per heavy atom. The molecule has 1 aromatic carbocycles. The van der Waals surface area contributed by atoms with Crippen molar-refractivity contribution < 1.29 is 9.59 Å². The van der Waals surface area contributed by atoms with Crippen molar-refractivity contribution in [1.29, 1.82) is 0 Å². The smallest absolute Gasteiger partial charge is 0.230 e. The highest BCUT2D eigenvalue weighted by Gasteiger charge is 2.35. The molecule has 2 amide bonds. The van der Waals surface area contributed by atoms with Crippen molar-refractivity contribution in [3.05, 3.63) is 35.4 Å². The first kappa shape index (κ1) is 12.8. The van der Waals surface area contributed by atoms with E-state index in [1.807, 2.05) is 6.92 Å². The number of hydrogen-bond acceptors (Lipinski definition) is 2. The first-order valence-corrected chi connectivity index (χ1v) is 6.58. The summed E-state index contributed by atoms with van der Waals surface area (Å²) < 4.78 is 0. The predicted octanol–water partition coefficient (Wildman–Crippen LogP) is 2.41. The Kier molecular flexibility index (Phi) is 3.80. The molecule has 1 aliphatic heterocycles. The molecule has 1 aromatic rings. The van der Waals surface area contributed by atoms with Crippen LogP contribution in [0.3, 0.4) is 0 Å². The third-order valence-corrected chi connectivity index (χ3v) is 3.75. The van der Waals surface area contributed by atoms with Crippen LogP contribution in [0.15, 0.2) is 24.3 Å². The zero-order valence-corrected chi connectivity index (χ0v) is 10.9. The van der Waals surface area contributed by atoms with E-state index in [4.69, 9.17) is 0 Å². The molecule has 1 N–H and O–H groups in total. The highest BCUT2D eigenvalue weighted by molar-refractivity contribution is 5.99. The Labute approximate surface area is 108 Å². The summed E-state index contributed by atoms with van der Waals surface area (Å²) in [4.78, 5) is 23.3. The fraction of sp³-hybridized carbons (Fsp3) is 0.467. The van der Waals surface area contributed by atoms with Gasteiger partial charge in [0.2, 0.25) is 11.8 Å². The van der Waals surface area contributed by atoms with E-state index in [0.717, 1.165) is 18.4 Å². The van der Waals surface area contributed by atoms with E-state index in [1.165, 1.54) is 5.56 Å². The summed E-state index contributed by atoms with van der Waals surface area (Å²) in [6, 6.07) is 8.27. The fourth-order valence-electron chi connectivity index (χ4n) is 2.63. The predicted molar refractivity (Wildman–Crippen MR) is 70.1 cm³/mol. The van der Waals surface area contributed by atoms with Gasteiger partial charge in [-0.05, 0) is 24.0 Å². The minimum absolute atomic E-state index is 0.0298. The summed E-state index contributed by atoms with van der Waals surface area (Å²) >= 11 is 0. The minimum atomic E-state index is -0.158. The largest absolute Gasteiger partial charge is 0.296 e. The highest BCUT2D eigenvalue weighted by atomic mass is 16.2. The minimum Gasteiger partial charge on any atom is -0.296 e. The number of imide groups is 1. The molecule has 0 saturated carbocycles. The lowest BCUT2D eigenvalue weighted by Gasteiger charge is -2.29. The average Bonchev–Trinajstić information content (AvgIpc) is 2.38. The monoisotopic (exact) mass is 245 g/mol. The molecule has 18 heavy (non-hydrogen) atoms. The molecular formula is C15H19NO2. The second kappa shape index (κ2) is 5.34. The molecule has 0 aliphatic carbocycles. The van der Waals surface area contributed by atoms with Crippen molar-refractivity contribution in [2.45, 2.75) is 39.0 Å². The lowest BCUT2D eigenvalue weighted by atomic mass is 9.79. The molecule has 3 nitrogen and oxygen atoms in total. The number of benzene rings is 1. The van der Waals surface area contributed by atoms with Gasteiger partial charge in [-0.1, -0.05) is 38.1 Å². The van der Waals surface area contributed by atoms with Gasteiger partial charge in [0, 0.05) is 18.3 Å². The van der Waals surface area contributed by atoms with E-state index >= 15 is 0 Å². The highest BCUT2D eigenvalue weighted by Crippen LogP contribution is 2.33. The number of aryl methyl sites for hydroxylation is 1. The fourth-order valence-corrected chi connectivity index (χ4v) is 2.63. The van der Waals surface area contributed by atoms with E-state index in [2.05, 4.69) is 36.5 Å². The molecule has 1 saturated heterocycles. The van der Waals surface area contributed by atoms with Crippen LogP contribution >= 0.6 is 0 Å². The summed E-state index contributed by atoms with van der Waals surface area (Å²) in [6.07, 6.45) is 2.18. The molecule has 1 fully saturated rings. The zero-order valence-electron chi connectivity index (χ0n) is 10.9. The number of carbonyl (C=O) groups excluding carboxylic acids is 2. The topological polar surface area (TPSA) is 46.2 Å². The molecular weight excluding hydrogens is 226 g/mol. The van der Waals surface area contributed by atoms with Gasteiger partial charge in [0.25, 0.3) is 0 Å². The van der Waals surface area contributed by atoms with Gasteiger partial charge in [-0.2, -0.15) is 0 Å². The summed E-state index contributed by atoms with van der Waals surface area (Å²) in [5, 5.41) is 2.42. The van der Waals surface area contributed by atoms with Crippen molar-refractivity contribution >= 4 is 11.8 Å². The Bertz CT molecular complexity index is 450. The molecule has 3 heteroatoms. The molecule has 2 rings (SSSR count). The third-order valence-electron chi connectivity index (χ3n) is 3.75. The van der Waals surface area contributed by atoms with Crippen molar-refractivity contribution in [2.75, 3.05) is 0 Å². The van der Waals surface area contributed by atoms with Crippen molar-refractivity contribution in [3.8, 4) is 0 Å². The van der Waals surface area contributed by atoms with Gasteiger partial charge >= 0.3 is 0 Å². The summed E-state index contributed by atoms with van der Waals surface area (Å²) in [6.45, 7) is 4.11. The number of amides is 2. The average molecular weight is 245 g/mol. The molecule has 0 spiro atoms. The summed E-state index contributed by atoms with van der Waals surface area (Å²) in [5.74, 6) is -0.343. The van der Waals surface area contributed by atoms with Crippen LogP contribution in [0.4, 0.5) is 0 Å². The van der Waals surface area contributed by atoms with Gasteiger partial charge < -0.3 is 0 Å². The Balaban J connectivity index is 2.27. The van der Waals surface area contributed by atoms with Crippen LogP contribution in [0.5, 0.6) is 0 Å². The number of hydrogen-bond donors (Lipinski definition) is 1. The Morgan fingerprint density at radius 1 is 1.17 bits per heavy atom. The molecule has 1 heterocycles. The molecule has 2 unspecified atom stereocenters. The lowest BCUT2D eigenvalue weighted by Crippen LogP contribution is -2.44. The van der Waals surface area contributed by atoms with Crippen LogP contribution in [0, 0.1) is 5.92 Å². The number of carbonyl (C=O) groups is 2. The maximum Gasteiger partial charge on any atom is 0.230 e. The van der Waals surface area contributed by atoms with Gasteiger partial charge in [-0.25, -0.2) is 0 Å². The third kappa shape index (κ3) is 2.45. The van der Waals surface area contributed by atoms with Crippen LogP contribution in [0.2, 0.25) is 0 Å². The summed E-state index contributed by atoms with van der Waals surface area (Å²) in [5.41, 5.74) is 2.38. The van der Waals surface area contributed by atoms with Gasteiger partial charge in [0.1, 0.15) is 0 Å². The Morgan fingerprint density at radius 2 is 1.83 bits per heavy atom. The first-order valence-electron chi connectivity index (χ1n) is 6.58. The van der Waals surface area contributed by atoms with E-state index in [1.54, 1.807) is 0 Å². The second-order valence-electron chi connectivity index (χ2n) is 4.83. The number of piperidine rings is 1.